The maximum absolute atomic E-state index is 12.7. The third-order valence-electron chi connectivity index (χ3n) is 12.8. The molecule has 74 heavy (non-hydrogen) atoms. The van der Waals surface area contributed by atoms with E-state index in [9.17, 15) is 74.8 Å². The first-order valence-electron chi connectivity index (χ1n) is 21.6. The van der Waals surface area contributed by atoms with Crippen LogP contribution in [0.15, 0.2) is 104 Å². The fraction of sp³-hybridized carbons (Fsp3) is 0.378. The van der Waals surface area contributed by atoms with Gasteiger partial charge in [-0.15, -0.1) is 0 Å². The van der Waals surface area contributed by atoms with Gasteiger partial charge in [0.05, 0.1) is 35.1 Å². The van der Waals surface area contributed by atoms with Gasteiger partial charge in [0.2, 0.25) is 5.69 Å². The number of methoxy groups -OCH3 is 1. The summed E-state index contributed by atoms with van der Waals surface area (Å²) in [5, 5.41) is 8.84. The molecule has 29 heteroatoms. The Morgan fingerprint density at radius 2 is 1.23 bits per heavy atom. The summed E-state index contributed by atoms with van der Waals surface area (Å²) >= 11 is 0. The van der Waals surface area contributed by atoms with Gasteiger partial charge in [-0.05, 0) is 117 Å². The summed E-state index contributed by atoms with van der Waals surface area (Å²) in [5.74, 6) is -1.84. The van der Waals surface area contributed by atoms with Crippen LogP contribution in [0.4, 0.5) is 11.4 Å². The third-order valence-corrected chi connectivity index (χ3v) is 17.0. The maximum atomic E-state index is 12.7. The van der Waals surface area contributed by atoms with E-state index in [1.165, 1.54) is 25.3 Å². The molecule has 1 N–H and O–H groups in total. The molecule has 0 aromatic heterocycles. The van der Waals surface area contributed by atoms with Gasteiger partial charge in [-0.25, -0.2) is 42.1 Å². The minimum Gasteiger partial charge on any atom is -0.748 e. The zero-order valence-electron chi connectivity index (χ0n) is 42.1. The molecule has 4 aromatic carbocycles. The number of aliphatic carboxylic acids is 1. The molecule has 0 radical (unpaired) electrons. The molecule has 0 bridgehead atoms. The number of likely N-dealkylation sites (N-methyl/N-ethyl adjacent to an activating group) is 1. The molecule has 0 saturated carbocycles. The number of carboxylic acids is 1. The number of ether oxygens (including phenoxy) is 1. The van der Waals surface area contributed by atoms with Crippen LogP contribution in [-0.4, -0.2) is 119 Å². The molecule has 2 heterocycles. The van der Waals surface area contributed by atoms with E-state index in [4.69, 9.17) is 4.74 Å². The molecule has 0 aliphatic carbocycles. The van der Waals surface area contributed by atoms with Crippen molar-refractivity contribution in [3.05, 3.63) is 95.7 Å². The van der Waals surface area contributed by atoms with E-state index < -0.39 is 92.7 Å². The Bertz CT molecular complexity index is 3530. The largest absolute Gasteiger partial charge is 1.00 e. The number of allylic oxidation sites excluding steroid dienone is 6. The maximum Gasteiger partial charge on any atom is 1.00 e. The van der Waals surface area contributed by atoms with Crippen LogP contribution in [0, 0.1) is 0 Å². The molecular formula is C45H48N2Na4O18S5. The van der Waals surface area contributed by atoms with Gasteiger partial charge in [-0.2, -0.15) is 4.58 Å². The number of carbonyl (C=O) groups is 1. The van der Waals surface area contributed by atoms with Crippen LogP contribution in [0.3, 0.4) is 0 Å². The second kappa shape index (κ2) is 26.6. The second-order valence-corrected chi connectivity index (χ2v) is 24.3. The monoisotopic (exact) mass is 1160 g/mol. The summed E-state index contributed by atoms with van der Waals surface area (Å²) in [6, 6.07) is 8.47. The first kappa shape index (κ1) is 69.2. The van der Waals surface area contributed by atoms with Gasteiger partial charge in [0, 0.05) is 78.7 Å². The van der Waals surface area contributed by atoms with Gasteiger partial charge < -0.3 is 37.5 Å². The van der Waals surface area contributed by atoms with E-state index in [0.717, 1.165) is 24.3 Å². The van der Waals surface area contributed by atoms with E-state index in [0.29, 0.717) is 48.0 Å². The van der Waals surface area contributed by atoms with Gasteiger partial charge >= 0.3 is 124 Å². The fourth-order valence-electron chi connectivity index (χ4n) is 9.77. The predicted octanol–water partition coefficient (Wildman–Crippen LogP) is -7.22. The molecule has 0 fully saturated rings. The Hall–Kier alpha value is -0.930. The summed E-state index contributed by atoms with van der Waals surface area (Å²) in [5.41, 5.74) is -0.219. The first-order chi connectivity index (χ1) is 32.4. The van der Waals surface area contributed by atoms with Crippen molar-refractivity contribution in [2.45, 2.75) is 96.1 Å². The van der Waals surface area contributed by atoms with Crippen molar-refractivity contribution in [1.82, 2.24) is 0 Å². The third kappa shape index (κ3) is 15.1. The van der Waals surface area contributed by atoms with E-state index in [2.05, 4.69) is 0 Å². The normalized spacial score (nSPS) is 18.6. The number of nitrogens with zero attached hydrogens (tertiary/aromatic N) is 2. The van der Waals surface area contributed by atoms with Crippen LogP contribution < -0.4 is 123 Å². The molecule has 0 amide bonds. The molecule has 0 spiro atoms. The smallest absolute Gasteiger partial charge is 0.748 e. The molecule has 6 rings (SSSR count). The molecule has 2 aliphatic heterocycles. The number of benzene rings is 4. The van der Waals surface area contributed by atoms with Gasteiger partial charge in [0.15, 0.2) is 5.71 Å². The fourth-order valence-corrected chi connectivity index (χ4v) is 12.8. The van der Waals surface area contributed by atoms with Crippen molar-refractivity contribution in [2.75, 3.05) is 37.5 Å². The van der Waals surface area contributed by atoms with E-state index in [1.807, 2.05) is 6.92 Å². The van der Waals surface area contributed by atoms with Crippen LogP contribution in [0.1, 0.15) is 76.8 Å². The number of carboxylic acid groups (broad SMARTS) is 1. The van der Waals surface area contributed by atoms with Crippen molar-refractivity contribution in [3.63, 3.8) is 0 Å². The number of unbranched alkanes of at least 4 members (excludes halogenated alkanes) is 2. The molecule has 2 atom stereocenters. The van der Waals surface area contributed by atoms with Gasteiger partial charge in [0.1, 0.15) is 47.0 Å². The summed E-state index contributed by atoms with van der Waals surface area (Å²) in [4.78, 5) is 9.73. The van der Waals surface area contributed by atoms with E-state index in [1.54, 1.807) is 53.7 Å². The minimum absolute atomic E-state index is 0. The minimum atomic E-state index is -5.41. The van der Waals surface area contributed by atoms with Gasteiger partial charge in [0.25, 0.3) is 0 Å². The summed E-state index contributed by atoms with van der Waals surface area (Å²) in [7, 11) is -24.3. The average molecular weight is 1160 g/mol. The molecule has 380 valence electrons. The van der Waals surface area contributed by atoms with Gasteiger partial charge in [-0.1, -0.05) is 24.3 Å². The van der Waals surface area contributed by atoms with Crippen molar-refractivity contribution in [1.29, 1.82) is 0 Å². The Morgan fingerprint density at radius 1 is 0.662 bits per heavy atom. The standard InChI is InChI=1S/C45H52N2O18S5.4Na/c1-5-46-36-28-38(70(62,63)64)31-17-16-29(67(53,54)55)25-33(31)43(36)45(3,21-23-65-4)39(46)13-8-6-9-14-40-44(2,20-12-24-66(50,51)52)42-34-26-30(68(56,57)58)27-37(69(59,60)61)32(34)18-19-35(42)47(40)22-11-7-10-15-41(48)49;;;;/h6,8-9,13-14,16-19,25-28H,5,7,10-12,15,20-24H2,1-4H3,(H5-,48,49,50,51,52,53,54,55,56,57,58,59,60,61,62,63,64);;;;/q;4*+1/p-4. The number of hydrogen-bond donors (Lipinski definition) is 1. The van der Waals surface area contributed by atoms with Crippen molar-refractivity contribution < 1.29 is 202 Å². The molecule has 4 aromatic rings. The number of hydrogen-bond acceptors (Lipinski definition) is 18. The van der Waals surface area contributed by atoms with E-state index in [-0.39, 0.29) is 196 Å². The first-order valence-corrected chi connectivity index (χ1v) is 28.8. The predicted molar refractivity (Wildman–Crippen MR) is 250 cm³/mol. The van der Waals surface area contributed by atoms with E-state index >= 15 is 0 Å². The zero-order valence-corrected chi connectivity index (χ0v) is 54.2. The van der Waals surface area contributed by atoms with Crippen LogP contribution in [0.2, 0.25) is 0 Å². The van der Waals surface area contributed by atoms with Crippen molar-refractivity contribution in [2.24, 2.45) is 0 Å². The molecule has 20 nitrogen and oxygen atoms in total. The zero-order chi connectivity index (χ0) is 52.0. The summed E-state index contributed by atoms with van der Waals surface area (Å²) in [6.07, 6.45) is 8.99. The topological polar surface area (TPSA) is 339 Å². The molecule has 2 unspecified atom stereocenters. The Kier molecular flexibility index (Phi) is 24.8. The van der Waals surface area contributed by atoms with Crippen molar-refractivity contribution >= 4 is 95.2 Å². The van der Waals surface area contributed by atoms with Crippen LogP contribution >= 0.6 is 0 Å². The second-order valence-electron chi connectivity index (χ2n) is 17.3. The van der Waals surface area contributed by atoms with Crippen LogP contribution in [-0.2, 0) is 71.0 Å². The summed E-state index contributed by atoms with van der Waals surface area (Å²) in [6.45, 7) is 5.75. The number of anilines is 1. The van der Waals surface area contributed by atoms with Crippen LogP contribution in [0.25, 0.3) is 21.5 Å². The number of fused-ring (bicyclic) bond motifs is 6. The molecular weight excluding hydrogens is 1110 g/mol. The number of rotatable bonds is 21. The van der Waals surface area contributed by atoms with Crippen molar-refractivity contribution in [3.8, 4) is 0 Å². The summed E-state index contributed by atoms with van der Waals surface area (Å²) < 4.78 is 193. The SMILES string of the molecule is CCN1C(=CC=CC=CC2=[N+](CCCCCC(=O)O)c3ccc4c(S(=O)(=O)[O-])cc(S(=O)(=O)[O-])cc4c3C2(C)CCCS(=O)(=O)[O-])C(C)(CCOC)c2c1cc(S(=O)(=O)[O-])c1ccc(S(=O)(=O)[O-])cc21.[Na+].[Na+].[Na+].[Na+]. The Balaban J connectivity index is 0.00000469. The Morgan fingerprint density at radius 3 is 1.77 bits per heavy atom. The molecule has 2 aliphatic rings. The average Bonchev–Trinajstić information content (AvgIpc) is 3.63. The quantitative estimate of drug-likeness (QED) is 0.0266. The van der Waals surface area contributed by atoms with Gasteiger partial charge in [-0.3, -0.25) is 4.79 Å². The van der Waals surface area contributed by atoms with Crippen LogP contribution in [0.5, 0.6) is 0 Å². The molecule has 0 saturated heterocycles. The Labute approximate surface area is 520 Å².